The zero-order valence-corrected chi connectivity index (χ0v) is 20.2. The van der Waals surface area contributed by atoms with Crippen molar-refractivity contribution in [2.45, 2.75) is 43.8 Å². The minimum atomic E-state index is -4.39. The van der Waals surface area contributed by atoms with Crippen molar-refractivity contribution in [3.63, 3.8) is 0 Å². The number of likely N-dealkylation sites (tertiary alicyclic amines) is 1. The largest absolute Gasteiger partial charge is 0.416 e. The average molecular weight is 506 g/mol. The van der Waals surface area contributed by atoms with Crippen LogP contribution in [-0.4, -0.2) is 41.8 Å². The molecule has 1 amide bonds. The molecule has 1 aromatic heterocycles. The summed E-state index contributed by atoms with van der Waals surface area (Å²) >= 11 is 0. The predicted molar refractivity (Wildman–Crippen MR) is 125 cm³/mol. The van der Waals surface area contributed by atoms with E-state index in [-0.39, 0.29) is 16.6 Å². The lowest BCUT2D eigenvalue weighted by Gasteiger charge is -2.24. The molecule has 186 valence electrons. The van der Waals surface area contributed by atoms with E-state index < -0.39 is 27.6 Å². The number of sulfone groups is 1. The summed E-state index contributed by atoms with van der Waals surface area (Å²) in [6.45, 7) is 3.85. The number of nitrogens with zero attached hydrogens (tertiary/aromatic N) is 3. The Hall–Kier alpha value is -3.14. The van der Waals surface area contributed by atoms with E-state index in [1.807, 2.05) is 13.0 Å². The van der Waals surface area contributed by atoms with Gasteiger partial charge in [0.05, 0.1) is 34.1 Å². The molecule has 0 N–H and O–H groups in total. The number of hydrogen-bond acceptors (Lipinski definition) is 4. The predicted octanol–water partition coefficient (Wildman–Crippen LogP) is 4.76. The Morgan fingerprint density at radius 1 is 1.14 bits per heavy atom. The molecule has 1 aliphatic heterocycles. The molecule has 35 heavy (non-hydrogen) atoms. The summed E-state index contributed by atoms with van der Waals surface area (Å²) in [5.74, 6) is -0.0805. The molecule has 1 aliphatic rings. The van der Waals surface area contributed by atoms with Crippen molar-refractivity contribution in [2.24, 2.45) is 5.92 Å². The van der Waals surface area contributed by atoms with Crippen molar-refractivity contribution in [1.29, 1.82) is 0 Å². The van der Waals surface area contributed by atoms with Crippen LogP contribution >= 0.6 is 0 Å². The first kappa shape index (κ1) is 25.0. The minimum absolute atomic E-state index is 0.000540. The standard InChI is InChI=1S/C25H26F3N3O3S/c1-3-35(33,34)23-6-4-5-21(24(23)31-14-17(2)13-29-31)22-12-19(15-30(22)16-32)11-18-7-9-20(10-8-18)25(26,27)28/h4-10,13-14,16,19,22H,3,11-12,15H2,1-2H3. The number of alkyl halides is 3. The van der Waals surface area contributed by atoms with E-state index in [0.29, 0.717) is 30.6 Å². The fraction of sp³-hybridized carbons (Fsp3) is 0.360. The lowest BCUT2D eigenvalue weighted by molar-refractivity contribution is -0.137. The maximum absolute atomic E-state index is 12.9. The third-order valence-electron chi connectivity index (χ3n) is 6.41. The van der Waals surface area contributed by atoms with Gasteiger partial charge in [-0.25, -0.2) is 13.1 Å². The molecule has 0 saturated carbocycles. The van der Waals surface area contributed by atoms with Gasteiger partial charge < -0.3 is 4.90 Å². The zero-order valence-electron chi connectivity index (χ0n) is 19.4. The van der Waals surface area contributed by atoms with Gasteiger partial charge in [-0.1, -0.05) is 31.2 Å². The third kappa shape index (κ3) is 5.12. The quantitative estimate of drug-likeness (QED) is 0.435. The number of rotatable bonds is 7. The Labute approximate surface area is 202 Å². The van der Waals surface area contributed by atoms with Gasteiger partial charge in [0.15, 0.2) is 9.84 Å². The Bertz CT molecular complexity index is 1320. The second-order valence-electron chi connectivity index (χ2n) is 8.88. The topological polar surface area (TPSA) is 72.3 Å². The van der Waals surface area contributed by atoms with Gasteiger partial charge in [0.2, 0.25) is 6.41 Å². The van der Waals surface area contributed by atoms with Crippen LogP contribution in [0.1, 0.15) is 41.6 Å². The molecule has 4 rings (SSSR count). The van der Waals surface area contributed by atoms with Crippen LogP contribution in [0.15, 0.2) is 59.8 Å². The van der Waals surface area contributed by atoms with Crippen LogP contribution in [0.2, 0.25) is 0 Å². The van der Waals surface area contributed by atoms with Crippen LogP contribution in [0, 0.1) is 12.8 Å². The number of aromatic nitrogens is 2. The van der Waals surface area contributed by atoms with Crippen molar-refractivity contribution in [3.05, 3.63) is 77.1 Å². The van der Waals surface area contributed by atoms with Crippen molar-refractivity contribution in [3.8, 4) is 5.69 Å². The SMILES string of the molecule is CCS(=O)(=O)c1cccc(C2CC(Cc3ccc(C(F)(F)F)cc3)CN2C=O)c1-n1cc(C)cn1. The molecule has 0 spiro atoms. The summed E-state index contributed by atoms with van der Waals surface area (Å²) in [4.78, 5) is 13.8. The van der Waals surface area contributed by atoms with Crippen molar-refractivity contribution < 1.29 is 26.4 Å². The number of para-hydroxylation sites is 1. The Kier molecular flexibility index (Phi) is 6.77. The first-order valence-corrected chi connectivity index (χ1v) is 12.9. The summed E-state index contributed by atoms with van der Waals surface area (Å²) in [7, 11) is -3.58. The maximum Gasteiger partial charge on any atom is 0.416 e. The van der Waals surface area contributed by atoms with Gasteiger partial charge in [-0.15, -0.1) is 0 Å². The van der Waals surface area contributed by atoms with E-state index in [1.54, 1.807) is 41.0 Å². The highest BCUT2D eigenvalue weighted by Crippen LogP contribution is 2.40. The van der Waals surface area contributed by atoms with Crippen LogP contribution < -0.4 is 0 Å². The fourth-order valence-electron chi connectivity index (χ4n) is 4.68. The highest BCUT2D eigenvalue weighted by atomic mass is 32.2. The molecule has 2 atom stereocenters. The minimum Gasteiger partial charge on any atom is -0.338 e. The summed E-state index contributed by atoms with van der Waals surface area (Å²) < 4.78 is 66.0. The number of hydrogen-bond donors (Lipinski definition) is 0. The first-order chi connectivity index (χ1) is 16.5. The van der Waals surface area contributed by atoms with Gasteiger partial charge in [-0.2, -0.15) is 18.3 Å². The lowest BCUT2D eigenvalue weighted by atomic mass is 9.93. The highest BCUT2D eigenvalue weighted by molar-refractivity contribution is 7.91. The number of carbonyl (C=O) groups excluding carboxylic acids is 1. The number of benzene rings is 2. The highest BCUT2D eigenvalue weighted by Gasteiger charge is 2.36. The molecule has 6 nitrogen and oxygen atoms in total. The Morgan fingerprint density at radius 3 is 2.43 bits per heavy atom. The molecule has 0 bridgehead atoms. The monoisotopic (exact) mass is 505 g/mol. The van der Waals surface area contributed by atoms with Crippen LogP contribution in [-0.2, 0) is 27.2 Å². The van der Waals surface area contributed by atoms with Gasteiger partial charge >= 0.3 is 6.18 Å². The molecule has 2 aromatic carbocycles. The molecule has 1 fully saturated rings. The van der Waals surface area contributed by atoms with E-state index in [0.717, 1.165) is 29.7 Å². The van der Waals surface area contributed by atoms with Gasteiger partial charge in [0.1, 0.15) is 0 Å². The zero-order chi connectivity index (χ0) is 25.4. The van der Waals surface area contributed by atoms with E-state index in [2.05, 4.69) is 5.10 Å². The molecule has 3 aromatic rings. The van der Waals surface area contributed by atoms with Crippen molar-refractivity contribution in [1.82, 2.24) is 14.7 Å². The van der Waals surface area contributed by atoms with Crippen LogP contribution in [0.25, 0.3) is 5.69 Å². The van der Waals surface area contributed by atoms with E-state index in [4.69, 9.17) is 0 Å². The summed E-state index contributed by atoms with van der Waals surface area (Å²) in [6.07, 6.45) is 0.782. The van der Waals surface area contributed by atoms with Crippen molar-refractivity contribution >= 4 is 16.2 Å². The molecular formula is C25H26F3N3O3S. The summed E-state index contributed by atoms with van der Waals surface area (Å²) in [5, 5.41) is 4.35. The van der Waals surface area contributed by atoms with Gasteiger partial charge in [-0.05, 0) is 55.0 Å². The second-order valence-corrected chi connectivity index (χ2v) is 11.1. The van der Waals surface area contributed by atoms with Gasteiger partial charge in [0.25, 0.3) is 0 Å². The van der Waals surface area contributed by atoms with Crippen LogP contribution in [0.3, 0.4) is 0 Å². The Morgan fingerprint density at radius 2 is 1.86 bits per heavy atom. The van der Waals surface area contributed by atoms with Crippen molar-refractivity contribution in [2.75, 3.05) is 12.3 Å². The Balaban J connectivity index is 1.69. The molecule has 2 heterocycles. The molecular weight excluding hydrogens is 479 g/mol. The number of aryl methyl sites for hydroxylation is 1. The molecule has 2 unspecified atom stereocenters. The summed E-state index contributed by atoms with van der Waals surface area (Å²) in [6, 6.07) is 9.70. The summed E-state index contributed by atoms with van der Waals surface area (Å²) in [5.41, 5.74) is 2.01. The molecule has 1 saturated heterocycles. The smallest absolute Gasteiger partial charge is 0.338 e. The molecule has 0 aliphatic carbocycles. The fourth-order valence-corrected chi connectivity index (χ4v) is 5.78. The average Bonchev–Trinajstić information content (AvgIpc) is 3.44. The van der Waals surface area contributed by atoms with E-state index in [1.165, 1.54) is 12.1 Å². The number of halogens is 3. The molecule has 10 heteroatoms. The number of amides is 1. The van der Waals surface area contributed by atoms with E-state index in [9.17, 15) is 26.4 Å². The van der Waals surface area contributed by atoms with Crippen LogP contribution in [0.4, 0.5) is 13.2 Å². The first-order valence-electron chi connectivity index (χ1n) is 11.3. The molecule has 0 radical (unpaired) electrons. The lowest BCUT2D eigenvalue weighted by Crippen LogP contribution is -2.24. The third-order valence-corrected chi connectivity index (χ3v) is 8.17. The van der Waals surface area contributed by atoms with Gasteiger partial charge in [-0.3, -0.25) is 4.79 Å². The second kappa shape index (κ2) is 9.49. The normalized spacial score (nSPS) is 18.7. The van der Waals surface area contributed by atoms with Crippen LogP contribution in [0.5, 0.6) is 0 Å². The van der Waals surface area contributed by atoms with E-state index >= 15 is 0 Å². The van der Waals surface area contributed by atoms with Gasteiger partial charge in [0, 0.05) is 18.3 Å². The maximum atomic E-state index is 12.9. The number of carbonyl (C=O) groups is 1.